The number of nitrogens with zero attached hydrogens (tertiary/aromatic N) is 1. The fourth-order valence-corrected chi connectivity index (χ4v) is 2.81. The van der Waals surface area contributed by atoms with E-state index in [4.69, 9.17) is 5.26 Å². The summed E-state index contributed by atoms with van der Waals surface area (Å²) in [5, 5.41) is 21.8. The molecule has 2 N–H and O–H groups in total. The number of nitrogens with one attached hydrogen (secondary N) is 1. The van der Waals surface area contributed by atoms with Crippen LogP contribution in [0.2, 0.25) is 0 Å². The highest BCUT2D eigenvalue weighted by Crippen LogP contribution is 2.31. The van der Waals surface area contributed by atoms with Gasteiger partial charge in [0, 0.05) is 11.6 Å². The van der Waals surface area contributed by atoms with Crippen LogP contribution in [-0.2, 0) is 4.79 Å². The molecule has 0 saturated heterocycles. The van der Waals surface area contributed by atoms with E-state index in [9.17, 15) is 18.7 Å². The highest BCUT2D eigenvalue weighted by atomic mass is 19.1. The van der Waals surface area contributed by atoms with Crippen molar-refractivity contribution in [2.24, 2.45) is 0 Å². The molecule has 0 heterocycles. The van der Waals surface area contributed by atoms with Crippen LogP contribution in [0.1, 0.15) is 50.1 Å². The van der Waals surface area contributed by atoms with Crippen LogP contribution in [0.3, 0.4) is 0 Å². The molecule has 0 radical (unpaired) electrons. The predicted molar refractivity (Wildman–Crippen MR) is 75.5 cm³/mol. The number of carbonyl (C=O) groups is 1. The molecule has 1 aliphatic carbocycles. The summed E-state index contributed by atoms with van der Waals surface area (Å²) in [4.78, 5) is 12.0. The first-order chi connectivity index (χ1) is 10.4. The van der Waals surface area contributed by atoms with E-state index in [1.807, 2.05) is 0 Å². The van der Waals surface area contributed by atoms with Crippen molar-refractivity contribution in [1.29, 1.82) is 5.26 Å². The van der Waals surface area contributed by atoms with Gasteiger partial charge in [-0.25, -0.2) is 8.78 Å². The van der Waals surface area contributed by atoms with Gasteiger partial charge in [-0.15, -0.1) is 0 Å². The molecule has 0 bridgehead atoms. The first-order valence-electron chi connectivity index (χ1n) is 7.30. The quantitative estimate of drug-likeness (QED) is 0.898. The monoisotopic (exact) mass is 308 g/mol. The normalized spacial score (nSPS) is 18.3. The standard InChI is InChI=1S/C16H18F2N2O2/c17-11-4-5-12(13(18)8-11)14(10-19)20-15(21)9-16(22)6-2-1-3-7-16/h4-5,8,14,22H,1-3,6-7,9H2,(H,20,21). The molecular formula is C16H18F2N2O2. The molecule has 1 aliphatic rings. The molecule has 1 atom stereocenters. The van der Waals surface area contributed by atoms with Gasteiger partial charge in [0.1, 0.15) is 17.7 Å². The van der Waals surface area contributed by atoms with Crippen LogP contribution in [0.5, 0.6) is 0 Å². The number of benzene rings is 1. The van der Waals surface area contributed by atoms with Gasteiger partial charge in [0.2, 0.25) is 5.91 Å². The average Bonchev–Trinajstić information content (AvgIpc) is 2.45. The van der Waals surface area contributed by atoms with Gasteiger partial charge in [-0.3, -0.25) is 4.79 Å². The lowest BCUT2D eigenvalue weighted by molar-refractivity contribution is -0.127. The fraction of sp³-hybridized carbons (Fsp3) is 0.500. The maximum absolute atomic E-state index is 13.7. The Kier molecular flexibility index (Phi) is 5.09. The van der Waals surface area contributed by atoms with E-state index in [1.165, 1.54) is 0 Å². The van der Waals surface area contributed by atoms with Crippen molar-refractivity contribution >= 4 is 5.91 Å². The summed E-state index contributed by atoms with van der Waals surface area (Å²) in [7, 11) is 0. The zero-order valence-corrected chi connectivity index (χ0v) is 12.1. The molecule has 1 fully saturated rings. The van der Waals surface area contributed by atoms with Gasteiger partial charge in [-0.2, -0.15) is 5.26 Å². The molecule has 1 saturated carbocycles. The summed E-state index contributed by atoms with van der Waals surface area (Å²) in [5.74, 6) is -2.15. The Hall–Kier alpha value is -2.00. The van der Waals surface area contributed by atoms with E-state index in [1.54, 1.807) is 6.07 Å². The maximum atomic E-state index is 13.7. The van der Waals surface area contributed by atoms with Crippen molar-refractivity contribution in [3.05, 3.63) is 35.4 Å². The summed E-state index contributed by atoms with van der Waals surface area (Å²) >= 11 is 0. The van der Waals surface area contributed by atoms with Gasteiger partial charge < -0.3 is 10.4 Å². The smallest absolute Gasteiger partial charge is 0.224 e. The second kappa shape index (κ2) is 6.84. The van der Waals surface area contributed by atoms with E-state index in [-0.39, 0.29) is 12.0 Å². The van der Waals surface area contributed by atoms with E-state index in [2.05, 4.69) is 5.32 Å². The van der Waals surface area contributed by atoms with Crippen LogP contribution in [0.25, 0.3) is 0 Å². The van der Waals surface area contributed by atoms with Crippen LogP contribution >= 0.6 is 0 Å². The molecule has 6 heteroatoms. The fourth-order valence-electron chi connectivity index (χ4n) is 2.81. The lowest BCUT2D eigenvalue weighted by Crippen LogP contribution is -2.39. The molecule has 2 rings (SSSR count). The second-order valence-electron chi connectivity index (χ2n) is 5.76. The minimum atomic E-state index is -1.21. The topological polar surface area (TPSA) is 73.1 Å². The number of carbonyl (C=O) groups excluding carboxylic acids is 1. The Morgan fingerprint density at radius 2 is 2.05 bits per heavy atom. The van der Waals surface area contributed by atoms with Crippen molar-refractivity contribution in [3.8, 4) is 6.07 Å². The van der Waals surface area contributed by atoms with E-state index >= 15 is 0 Å². The molecule has 0 aromatic heterocycles. The number of halogens is 2. The zero-order chi connectivity index (χ0) is 16.2. The highest BCUT2D eigenvalue weighted by molar-refractivity contribution is 5.78. The van der Waals surface area contributed by atoms with Gasteiger partial charge in [-0.05, 0) is 18.9 Å². The van der Waals surface area contributed by atoms with Crippen molar-refractivity contribution < 1.29 is 18.7 Å². The molecular weight excluding hydrogens is 290 g/mol. The number of hydrogen-bond acceptors (Lipinski definition) is 3. The molecule has 118 valence electrons. The summed E-state index contributed by atoms with van der Waals surface area (Å²) in [6, 6.07) is 3.41. The molecule has 1 unspecified atom stereocenters. The lowest BCUT2D eigenvalue weighted by Gasteiger charge is -2.31. The first-order valence-corrected chi connectivity index (χ1v) is 7.30. The SMILES string of the molecule is N#CC(NC(=O)CC1(O)CCCCC1)c1ccc(F)cc1F. The Morgan fingerprint density at radius 3 is 2.64 bits per heavy atom. The van der Waals surface area contributed by atoms with E-state index < -0.39 is 29.2 Å². The Labute approximate surface area is 127 Å². The Balaban J connectivity index is 2.03. The number of hydrogen-bond donors (Lipinski definition) is 2. The predicted octanol–water partition coefficient (Wildman–Crippen LogP) is 2.73. The van der Waals surface area contributed by atoms with Crippen LogP contribution in [0.4, 0.5) is 8.78 Å². The van der Waals surface area contributed by atoms with E-state index in [0.29, 0.717) is 18.9 Å². The summed E-state index contributed by atoms with van der Waals surface area (Å²) < 4.78 is 26.6. The Morgan fingerprint density at radius 1 is 1.36 bits per heavy atom. The van der Waals surface area contributed by atoms with Gasteiger partial charge in [0.15, 0.2) is 0 Å². The molecule has 0 aliphatic heterocycles. The van der Waals surface area contributed by atoms with Gasteiger partial charge >= 0.3 is 0 Å². The van der Waals surface area contributed by atoms with Crippen LogP contribution < -0.4 is 5.32 Å². The summed E-state index contributed by atoms with van der Waals surface area (Å²) in [6.45, 7) is 0. The molecule has 1 amide bonds. The number of aliphatic hydroxyl groups is 1. The van der Waals surface area contributed by atoms with Crippen molar-refractivity contribution in [1.82, 2.24) is 5.32 Å². The Bertz CT molecular complexity index is 592. The summed E-state index contributed by atoms with van der Waals surface area (Å²) in [6.07, 6.45) is 3.72. The lowest BCUT2D eigenvalue weighted by atomic mass is 9.82. The van der Waals surface area contributed by atoms with Crippen molar-refractivity contribution in [2.45, 2.75) is 50.2 Å². The minimum absolute atomic E-state index is 0.0899. The van der Waals surface area contributed by atoms with Crippen molar-refractivity contribution in [2.75, 3.05) is 0 Å². The second-order valence-corrected chi connectivity index (χ2v) is 5.76. The third kappa shape index (κ3) is 4.01. The van der Waals surface area contributed by atoms with Crippen LogP contribution in [0, 0.1) is 23.0 Å². The molecule has 4 nitrogen and oxygen atoms in total. The third-order valence-electron chi connectivity index (χ3n) is 3.98. The number of nitriles is 1. The van der Waals surface area contributed by atoms with Crippen molar-refractivity contribution in [3.63, 3.8) is 0 Å². The minimum Gasteiger partial charge on any atom is -0.389 e. The average molecular weight is 308 g/mol. The molecule has 1 aromatic carbocycles. The van der Waals surface area contributed by atoms with Gasteiger partial charge in [-0.1, -0.05) is 25.3 Å². The van der Waals surface area contributed by atoms with E-state index in [0.717, 1.165) is 31.4 Å². The maximum Gasteiger partial charge on any atom is 0.224 e. The van der Waals surface area contributed by atoms with Crippen LogP contribution in [-0.4, -0.2) is 16.6 Å². The first kappa shape index (κ1) is 16.4. The molecule has 0 spiro atoms. The number of rotatable bonds is 4. The molecule has 1 aromatic rings. The highest BCUT2D eigenvalue weighted by Gasteiger charge is 2.32. The zero-order valence-electron chi connectivity index (χ0n) is 12.1. The van der Waals surface area contributed by atoms with Gasteiger partial charge in [0.05, 0.1) is 18.1 Å². The molecule has 22 heavy (non-hydrogen) atoms. The number of amides is 1. The summed E-state index contributed by atoms with van der Waals surface area (Å²) in [5.41, 5.74) is -1.14. The largest absolute Gasteiger partial charge is 0.389 e. The van der Waals surface area contributed by atoms with Gasteiger partial charge in [0.25, 0.3) is 0 Å². The van der Waals surface area contributed by atoms with Crippen LogP contribution in [0.15, 0.2) is 18.2 Å². The third-order valence-corrected chi connectivity index (χ3v) is 3.98.